The lowest BCUT2D eigenvalue weighted by molar-refractivity contribution is -0.384. The predicted octanol–water partition coefficient (Wildman–Crippen LogP) is 4.36. The minimum atomic E-state index is -0.430. The Balaban J connectivity index is 2.77. The minimum absolute atomic E-state index is 0.0353. The van der Waals surface area contributed by atoms with E-state index in [0.29, 0.717) is 10.4 Å². The Labute approximate surface area is 103 Å². The van der Waals surface area contributed by atoms with E-state index in [1.165, 1.54) is 17.4 Å². The fraction of sp³-hybridized carbons (Fsp3) is 0.111. The molecule has 2 aromatic rings. The molecule has 0 spiro atoms. The third kappa shape index (κ3) is 1.87. The van der Waals surface area contributed by atoms with Crippen LogP contribution in [0.5, 0.6) is 0 Å². The molecule has 1 heterocycles. The van der Waals surface area contributed by atoms with Gasteiger partial charge in [-0.3, -0.25) is 10.1 Å². The number of hydrogen-bond donors (Lipinski definition) is 0. The first-order valence-corrected chi connectivity index (χ1v) is 6.41. The van der Waals surface area contributed by atoms with Gasteiger partial charge < -0.3 is 0 Å². The zero-order chi connectivity index (χ0) is 11.0. The van der Waals surface area contributed by atoms with Crippen LogP contribution in [0.15, 0.2) is 17.5 Å². The number of nitrogens with zero attached hydrogens (tertiary/aromatic N) is 1. The maximum atomic E-state index is 10.7. The minimum Gasteiger partial charge on any atom is -0.258 e. The van der Waals surface area contributed by atoms with Gasteiger partial charge in [-0.05, 0) is 10.9 Å². The number of nitro groups is 1. The molecule has 0 N–H and O–H groups in total. The molecular weight excluding hydrogens is 302 g/mol. The van der Waals surface area contributed by atoms with Crippen molar-refractivity contribution in [3.8, 4) is 0 Å². The first-order valence-electron chi connectivity index (χ1n) is 4.03. The van der Waals surface area contributed by atoms with Crippen LogP contribution in [0.2, 0.25) is 5.02 Å². The maximum Gasteiger partial charge on any atom is 0.271 e. The van der Waals surface area contributed by atoms with Crippen LogP contribution >= 0.6 is 38.9 Å². The molecule has 0 aliphatic rings. The monoisotopic (exact) mass is 305 g/mol. The molecule has 2 rings (SSSR count). The van der Waals surface area contributed by atoms with E-state index in [1.807, 2.05) is 5.38 Å². The third-order valence-electron chi connectivity index (χ3n) is 2.05. The molecule has 15 heavy (non-hydrogen) atoms. The van der Waals surface area contributed by atoms with Crippen LogP contribution in [0.4, 0.5) is 5.69 Å². The molecule has 0 saturated heterocycles. The summed E-state index contributed by atoms with van der Waals surface area (Å²) in [6.45, 7) is 0. The second-order valence-corrected chi connectivity index (χ2v) is 4.80. The first kappa shape index (κ1) is 10.9. The fourth-order valence-corrected chi connectivity index (χ4v) is 3.32. The summed E-state index contributed by atoms with van der Waals surface area (Å²) in [5.41, 5.74) is 1.06. The van der Waals surface area contributed by atoms with Crippen molar-refractivity contribution in [3.63, 3.8) is 0 Å². The second kappa shape index (κ2) is 4.08. The van der Waals surface area contributed by atoms with E-state index in [1.54, 1.807) is 6.07 Å². The molecule has 1 aromatic carbocycles. The summed E-state index contributed by atoms with van der Waals surface area (Å²) in [5, 5.41) is 14.6. The average molecular weight is 307 g/mol. The molecule has 1 aromatic heterocycles. The molecule has 0 amide bonds. The van der Waals surface area contributed by atoms with Crippen LogP contribution in [0.3, 0.4) is 0 Å². The number of benzene rings is 1. The topological polar surface area (TPSA) is 43.1 Å². The van der Waals surface area contributed by atoms with Crippen LogP contribution in [0.1, 0.15) is 5.56 Å². The van der Waals surface area contributed by atoms with Crippen molar-refractivity contribution in [2.45, 2.75) is 5.33 Å². The Morgan fingerprint density at radius 2 is 2.27 bits per heavy atom. The highest BCUT2D eigenvalue weighted by Crippen LogP contribution is 2.36. The van der Waals surface area contributed by atoms with Gasteiger partial charge in [0.1, 0.15) is 0 Å². The van der Waals surface area contributed by atoms with Gasteiger partial charge in [0.25, 0.3) is 5.69 Å². The third-order valence-corrected chi connectivity index (χ3v) is 4.14. The van der Waals surface area contributed by atoms with E-state index in [9.17, 15) is 10.1 Å². The number of fused-ring (bicyclic) bond motifs is 1. The van der Waals surface area contributed by atoms with Gasteiger partial charge in [-0.15, -0.1) is 11.3 Å². The Morgan fingerprint density at radius 3 is 2.87 bits per heavy atom. The zero-order valence-electron chi connectivity index (χ0n) is 7.37. The highest BCUT2D eigenvalue weighted by atomic mass is 79.9. The van der Waals surface area contributed by atoms with E-state index in [0.717, 1.165) is 15.6 Å². The lowest BCUT2D eigenvalue weighted by atomic mass is 10.2. The maximum absolute atomic E-state index is 10.7. The number of thiophene rings is 1. The van der Waals surface area contributed by atoms with Gasteiger partial charge in [-0.2, -0.15) is 0 Å². The lowest BCUT2D eigenvalue weighted by Crippen LogP contribution is -1.87. The van der Waals surface area contributed by atoms with Gasteiger partial charge in [-0.1, -0.05) is 27.5 Å². The van der Waals surface area contributed by atoms with Crippen molar-refractivity contribution in [2.75, 3.05) is 0 Å². The molecule has 0 aliphatic heterocycles. The normalized spacial score (nSPS) is 10.8. The smallest absolute Gasteiger partial charge is 0.258 e. The van der Waals surface area contributed by atoms with E-state index < -0.39 is 4.92 Å². The van der Waals surface area contributed by atoms with E-state index in [-0.39, 0.29) is 5.69 Å². The van der Waals surface area contributed by atoms with Crippen LogP contribution in [-0.4, -0.2) is 4.92 Å². The summed E-state index contributed by atoms with van der Waals surface area (Å²) in [6.07, 6.45) is 0. The molecule has 0 bridgehead atoms. The number of alkyl halides is 1. The summed E-state index contributed by atoms with van der Waals surface area (Å²) in [5.74, 6) is 0. The van der Waals surface area contributed by atoms with Gasteiger partial charge in [0.2, 0.25) is 0 Å². The van der Waals surface area contributed by atoms with Crippen molar-refractivity contribution >= 4 is 54.6 Å². The van der Waals surface area contributed by atoms with Crippen molar-refractivity contribution in [2.24, 2.45) is 0 Å². The van der Waals surface area contributed by atoms with Crippen LogP contribution in [-0.2, 0) is 5.33 Å². The Hall–Kier alpha value is -0.650. The molecule has 3 nitrogen and oxygen atoms in total. The summed E-state index contributed by atoms with van der Waals surface area (Å²) in [6, 6.07) is 2.95. The SMILES string of the molecule is O=[N+]([O-])c1cc(Cl)c2scc(CBr)c2c1. The number of hydrogen-bond acceptors (Lipinski definition) is 3. The molecule has 0 unspecified atom stereocenters. The van der Waals surface area contributed by atoms with Gasteiger partial charge in [0.15, 0.2) is 0 Å². The Kier molecular flexibility index (Phi) is 2.95. The highest BCUT2D eigenvalue weighted by Gasteiger charge is 2.13. The standard InChI is InChI=1S/C9H5BrClNO2S/c10-3-5-4-15-9-7(5)1-6(12(13)14)2-8(9)11/h1-2,4H,3H2. The van der Waals surface area contributed by atoms with E-state index in [2.05, 4.69) is 15.9 Å². The number of halogens is 2. The molecule has 0 atom stereocenters. The Bertz CT molecular complexity index is 540. The van der Waals surface area contributed by atoms with Crippen molar-refractivity contribution in [1.29, 1.82) is 0 Å². The molecule has 0 saturated carbocycles. The summed E-state index contributed by atoms with van der Waals surface area (Å²) < 4.78 is 0.900. The van der Waals surface area contributed by atoms with Crippen molar-refractivity contribution in [3.05, 3.63) is 38.2 Å². The predicted molar refractivity (Wildman–Crippen MR) is 66.1 cm³/mol. The number of rotatable bonds is 2. The van der Waals surface area contributed by atoms with E-state index >= 15 is 0 Å². The molecule has 6 heteroatoms. The molecule has 0 fully saturated rings. The summed E-state index contributed by atoms with van der Waals surface area (Å²) in [7, 11) is 0. The largest absolute Gasteiger partial charge is 0.271 e. The molecule has 78 valence electrons. The van der Waals surface area contributed by atoms with Crippen LogP contribution in [0.25, 0.3) is 10.1 Å². The molecule has 0 aliphatic carbocycles. The quantitative estimate of drug-likeness (QED) is 0.470. The lowest BCUT2D eigenvalue weighted by Gasteiger charge is -1.97. The number of non-ortho nitro benzene ring substituents is 1. The first-order chi connectivity index (χ1) is 7.13. The van der Waals surface area contributed by atoms with Gasteiger partial charge in [0, 0.05) is 22.8 Å². The molecular formula is C9H5BrClNO2S. The van der Waals surface area contributed by atoms with Gasteiger partial charge in [-0.25, -0.2) is 0 Å². The zero-order valence-corrected chi connectivity index (χ0v) is 10.5. The number of nitro benzene ring substituents is 1. The second-order valence-electron chi connectivity index (χ2n) is 2.96. The van der Waals surface area contributed by atoms with Crippen LogP contribution < -0.4 is 0 Å². The van der Waals surface area contributed by atoms with Crippen LogP contribution in [0, 0.1) is 10.1 Å². The van der Waals surface area contributed by atoms with Crippen molar-refractivity contribution < 1.29 is 4.92 Å². The van der Waals surface area contributed by atoms with Gasteiger partial charge in [0.05, 0.1) is 14.6 Å². The van der Waals surface area contributed by atoms with E-state index in [4.69, 9.17) is 11.6 Å². The van der Waals surface area contributed by atoms with Gasteiger partial charge >= 0.3 is 0 Å². The van der Waals surface area contributed by atoms with Crippen molar-refractivity contribution in [1.82, 2.24) is 0 Å². The summed E-state index contributed by atoms with van der Waals surface area (Å²) >= 11 is 10.8. The fourth-order valence-electron chi connectivity index (χ4n) is 1.34. The molecule has 0 radical (unpaired) electrons. The average Bonchev–Trinajstić information content (AvgIpc) is 2.60. The highest BCUT2D eigenvalue weighted by molar-refractivity contribution is 9.08. The Morgan fingerprint density at radius 1 is 1.53 bits per heavy atom. The summed E-state index contributed by atoms with van der Waals surface area (Å²) in [4.78, 5) is 10.2.